The van der Waals surface area contributed by atoms with Gasteiger partial charge in [-0.15, -0.1) is 0 Å². The maximum Gasteiger partial charge on any atom is 0.242 e. The number of methoxy groups -OCH3 is 1. The Balaban J connectivity index is 1.38. The molecule has 2 aromatic rings. The van der Waals surface area contributed by atoms with E-state index < -0.39 is 0 Å². The molecule has 160 valence electrons. The molecule has 2 saturated heterocycles. The molecule has 0 aliphatic carbocycles. The van der Waals surface area contributed by atoms with Crippen LogP contribution >= 0.6 is 0 Å². The number of carbonyl (C=O) groups is 1. The number of amides is 1. The first-order valence-electron chi connectivity index (χ1n) is 11.0. The number of aromatic nitrogens is 1. The zero-order valence-corrected chi connectivity index (χ0v) is 17.9. The van der Waals surface area contributed by atoms with E-state index in [2.05, 4.69) is 26.9 Å². The van der Waals surface area contributed by atoms with Crippen molar-refractivity contribution in [3.05, 3.63) is 54.2 Å². The Hall–Kier alpha value is -2.44. The van der Waals surface area contributed by atoms with E-state index in [-0.39, 0.29) is 5.91 Å². The average Bonchev–Trinajstić information content (AvgIpc) is 3.47. The molecule has 0 bridgehead atoms. The maximum absolute atomic E-state index is 13.1. The molecular weight excluding hydrogens is 376 g/mol. The van der Waals surface area contributed by atoms with Crippen LogP contribution in [-0.4, -0.2) is 73.6 Å². The van der Waals surface area contributed by atoms with E-state index in [0.717, 1.165) is 50.7 Å². The monoisotopic (exact) mass is 408 g/mol. The van der Waals surface area contributed by atoms with Crippen LogP contribution in [0.3, 0.4) is 0 Å². The second-order valence-corrected chi connectivity index (χ2v) is 8.24. The third-order valence-corrected chi connectivity index (χ3v) is 6.28. The van der Waals surface area contributed by atoms with Gasteiger partial charge in [0.05, 0.1) is 13.7 Å². The summed E-state index contributed by atoms with van der Waals surface area (Å²) in [6.07, 6.45) is 5.26. The first kappa shape index (κ1) is 20.8. The van der Waals surface area contributed by atoms with Crippen LogP contribution < -0.4 is 9.64 Å². The van der Waals surface area contributed by atoms with Crippen LogP contribution in [0.1, 0.15) is 30.7 Å². The van der Waals surface area contributed by atoms with Crippen molar-refractivity contribution >= 4 is 11.7 Å². The van der Waals surface area contributed by atoms with Crippen LogP contribution in [0, 0.1) is 0 Å². The Kier molecular flexibility index (Phi) is 6.97. The van der Waals surface area contributed by atoms with Crippen molar-refractivity contribution in [3.63, 3.8) is 0 Å². The highest BCUT2D eigenvalue weighted by Crippen LogP contribution is 2.33. The van der Waals surface area contributed by atoms with Crippen molar-refractivity contribution in [2.75, 3.05) is 57.8 Å². The Morgan fingerprint density at radius 1 is 1.10 bits per heavy atom. The van der Waals surface area contributed by atoms with Gasteiger partial charge < -0.3 is 9.64 Å². The van der Waals surface area contributed by atoms with Crippen LogP contribution in [0.2, 0.25) is 0 Å². The predicted octanol–water partition coefficient (Wildman–Crippen LogP) is 3.01. The Morgan fingerprint density at radius 2 is 1.90 bits per heavy atom. The van der Waals surface area contributed by atoms with Crippen molar-refractivity contribution in [1.29, 1.82) is 0 Å². The standard InChI is InChI=1S/C24H32N4O2/c1-30-22-9-3-2-8-21(22)20-11-15-27(18-20)16-17-28(23-10-4-5-12-25-23)24(29)19-26-13-6-7-14-26/h2-5,8-10,12,20H,6-7,11,13-19H2,1H3. The number of likely N-dealkylation sites (tertiary alicyclic amines) is 2. The van der Waals surface area contributed by atoms with Crippen molar-refractivity contribution in [1.82, 2.24) is 14.8 Å². The summed E-state index contributed by atoms with van der Waals surface area (Å²) < 4.78 is 5.56. The minimum Gasteiger partial charge on any atom is -0.496 e. The average molecular weight is 409 g/mol. The van der Waals surface area contributed by atoms with Crippen molar-refractivity contribution in [3.8, 4) is 5.75 Å². The zero-order valence-electron chi connectivity index (χ0n) is 17.9. The first-order chi connectivity index (χ1) is 14.7. The van der Waals surface area contributed by atoms with Crippen LogP contribution in [0.25, 0.3) is 0 Å². The van der Waals surface area contributed by atoms with E-state index in [0.29, 0.717) is 19.0 Å². The topological polar surface area (TPSA) is 48.9 Å². The maximum atomic E-state index is 13.1. The van der Waals surface area contributed by atoms with E-state index in [4.69, 9.17) is 4.74 Å². The minimum absolute atomic E-state index is 0.149. The van der Waals surface area contributed by atoms with Crippen molar-refractivity contribution in [2.45, 2.75) is 25.2 Å². The lowest BCUT2D eigenvalue weighted by molar-refractivity contribution is -0.119. The number of benzene rings is 1. The van der Waals surface area contributed by atoms with E-state index in [9.17, 15) is 4.79 Å². The molecule has 0 saturated carbocycles. The first-order valence-corrected chi connectivity index (χ1v) is 11.0. The summed E-state index contributed by atoms with van der Waals surface area (Å²) in [4.78, 5) is 24.1. The van der Waals surface area contributed by atoms with Gasteiger partial charge in [0.1, 0.15) is 11.6 Å². The van der Waals surface area contributed by atoms with Gasteiger partial charge in [0.25, 0.3) is 0 Å². The third kappa shape index (κ3) is 4.99. The van der Waals surface area contributed by atoms with Crippen molar-refractivity contribution in [2.24, 2.45) is 0 Å². The number of anilines is 1. The van der Waals surface area contributed by atoms with Gasteiger partial charge in [0, 0.05) is 31.7 Å². The normalized spacial score (nSPS) is 19.8. The number of ether oxygens (including phenoxy) is 1. The lowest BCUT2D eigenvalue weighted by atomic mass is 9.97. The lowest BCUT2D eigenvalue weighted by Crippen LogP contribution is -2.43. The smallest absolute Gasteiger partial charge is 0.242 e. The fourth-order valence-electron chi connectivity index (χ4n) is 4.63. The molecule has 4 rings (SSSR count). The summed E-state index contributed by atoms with van der Waals surface area (Å²) in [6, 6.07) is 14.1. The van der Waals surface area contributed by atoms with Crippen LogP contribution in [0.5, 0.6) is 5.75 Å². The molecule has 1 unspecified atom stereocenters. The molecule has 1 amide bonds. The van der Waals surface area contributed by atoms with Gasteiger partial charge in [-0.2, -0.15) is 0 Å². The van der Waals surface area contributed by atoms with Gasteiger partial charge in [-0.25, -0.2) is 4.98 Å². The zero-order chi connectivity index (χ0) is 20.8. The molecule has 2 aliphatic heterocycles. The highest BCUT2D eigenvalue weighted by molar-refractivity contribution is 5.93. The quantitative estimate of drug-likeness (QED) is 0.672. The number of nitrogens with zero attached hydrogens (tertiary/aromatic N) is 4. The second-order valence-electron chi connectivity index (χ2n) is 8.24. The van der Waals surface area contributed by atoms with Crippen LogP contribution in [-0.2, 0) is 4.79 Å². The van der Waals surface area contributed by atoms with Crippen LogP contribution in [0.15, 0.2) is 48.7 Å². The molecule has 6 nitrogen and oxygen atoms in total. The van der Waals surface area contributed by atoms with Crippen LogP contribution in [0.4, 0.5) is 5.82 Å². The second kappa shape index (κ2) is 10.0. The fraction of sp³-hybridized carbons (Fsp3) is 0.500. The number of carbonyl (C=O) groups excluding carboxylic acids is 1. The molecule has 2 fully saturated rings. The highest BCUT2D eigenvalue weighted by atomic mass is 16.5. The molecule has 0 spiro atoms. The van der Waals surface area contributed by atoms with Gasteiger partial charge in [0.2, 0.25) is 5.91 Å². The number of rotatable bonds is 8. The molecule has 1 aromatic heterocycles. The molecule has 0 N–H and O–H groups in total. The highest BCUT2D eigenvalue weighted by Gasteiger charge is 2.27. The van der Waals surface area contributed by atoms with E-state index in [1.807, 2.05) is 35.2 Å². The fourth-order valence-corrected chi connectivity index (χ4v) is 4.63. The summed E-state index contributed by atoms with van der Waals surface area (Å²) in [6.45, 7) is 6.09. The van der Waals surface area contributed by atoms with E-state index in [1.54, 1.807) is 13.3 Å². The van der Waals surface area contributed by atoms with Gasteiger partial charge in [-0.3, -0.25) is 14.6 Å². The molecule has 30 heavy (non-hydrogen) atoms. The summed E-state index contributed by atoms with van der Waals surface area (Å²) >= 11 is 0. The number of hydrogen-bond acceptors (Lipinski definition) is 5. The van der Waals surface area contributed by atoms with Gasteiger partial charge in [0.15, 0.2) is 0 Å². The Labute approximate surface area is 179 Å². The molecule has 1 aromatic carbocycles. The largest absolute Gasteiger partial charge is 0.496 e. The SMILES string of the molecule is COc1ccccc1C1CCN(CCN(C(=O)CN2CCCC2)c2ccccn2)C1. The molecule has 0 radical (unpaired) electrons. The lowest BCUT2D eigenvalue weighted by Gasteiger charge is -2.27. The van der Waals surface area contributed by atoms with Gasteiger partial charge in [-0.05, 0) is 62.7 Å². The third-order valence-electron chi connectivity index (χ3n) is 6.28. The summed E-state index contributed by atoms with van der Waals surface area (Å²) in [5, 5.41) is 0. The summed E-state index contributed by atoms with van der Waals surface area (Å²) in [5.74, 6) is 2.35. The number of para-hydroxylation sites is 1. The Bertz CT molecular complexity index is 823. The summed E-state index contributed by atoms with van der Waals surface area (Å²) in [7, 11) is 1.74. The van der Waals surface area contributed by atoms with Crippen molar-refractivity contribution < 1.29 is 9.53 Å². The molecule has 6 heteroatoms. The molecule has 2 aliphatic rings. The van der Waals surface area contributed by atoms with Gasteiger partial charge in [-0.1, -0.05) is 24.3 Å². The van der Waals surface area contributed by atoms with Gasteiger partial charge >= 0.3 is 0 Å². The summed E-state index contributed by atoms with van der Waals surface area (Å²) in [5.41, 5.74) is 1.29. The number of pyridine rings is 1. The Morgan fingerprint density at radius 3 is 2.67 bits per heavy atom. The molecular formula is C24H32N4O2. The van der Waals surface area contributed by atoms with E-state index >= 15 is 0 Å². The molecule has 1 atom stereocenters. The predicted molar refractivity (Wildman–Crippen MR) is 119 cm³/mol. The van der Waals surface area contributed by atoms with E-state index in [1.165, 1.54) is 18.4 Å². The number of hydrogen-bond donors (Lipinski definition) is 0. The minimum atomic E-state index is 0.149. The molecule has 3 heterocycles.